The number of hydrogen-bond donors (Lipinski definition) is 8. The fraction of sp³-hybridized carbons (Fsp3) is 0.379. The number of nitrogen functional groups attached to an aromatic ring is 1. The van der Waals surface area contributed by atoms with Gasteiger partial charge in [0.05, 0.1) is 17.4 Å². The molecule has 0 unspecified atom stereocenters. The highest BCUT2D eigenvalue weighted by atomic mass is 32.1. The summed E-state index contributed by atoms with van der Waals surface area (Å²) in [6.45, 7) is 8.41. The number of benzene rings is 3. The first-order chi connectivity index (χ1) is 36.0. The number of carbonyl (C=O) groups is 4. The van der Waals surface area contributed by atoms with Crippen LogP contribution in [0.1, 0.15) is 108 Å². The number of likely N-dealkylation sites (tertiary alicyclic amines) is 1. The Bertz CT molecular complexity index is 3140. The van der Waals surface area contributed by atoms with E-state index in [4.69, 9.17) is 21.4 Å². The number of carbonyl (C=O) groups excluding carboxylic acids is 4. The van der Waals surface area contributed by atoms with Crippen LogP contribution in [-0.4, -0.2) is 89.9 Å². The quantitative estimate of drug-likeness (QED) is 0.0234. The van der Waals surface area contributed by atoms with Crippen LogP contribution in [0.15, 0.2) is 109 Å². The number of nitrogens with one attached hydrogen (secondary N) is 4. The molecule has 1 saturated carbocycles. The molecule has 0 radical (unpaired) electrons. The highest BCUT2D eigenvalue weighted by Gasteiger charge is 2.44. The molecule has 9 N–H and O–H groups in total. The van der Waals surface area contributed by atoms with Crippen molar-refractivity contribution < 1.29 is 24.3 Å². The van der Waals surface area contributed by atoms with E-state index in [2.05, 4.69) is 56.6 Å². The second-order valence-electron chi connectivity index (χ2n) is 21.2. The fourth-order valence-electron chi connectivity index (χ4n) is 10.1. The van der Waals surface area contributed by atoms with Crippen molar-refractivity contribution in [2.45, 2.75) is 122 Å². The predicted molar refractivity (Wildman–Crippen MR) is 298 cm³/mol. The lowest BCUT2D eigenvalue weighted by Gasteiger charge is -2.38. The average molecular weight is 1030 g/mol. The number of nitrogens with two attached hydrogens (primary N) is 2. The van der Waals surface area contributed by atoms with Crippen molar-refractivity contribution in [3.8, 4) is 28.3 Å². The number of aryl methyl sites for hydroxylation is 1. The molecule has 1 aliphatic carbocycles. The van der Waals surface area contributed by atoms with Gasteiger partial charge < -0.3 is 42.7 Å². The summed E-state index contributed by atoms with van der Waals surface area (Å²) in [6.07, 6.45) is 7.00. The number of pyridine rings is 2. The van der Waals surface area contributed by atoms with E-state index in [-0.39, 0.29) is 49.2 Å². The van der Waals surface area contributed by atoms with Gasteiger partial charge in [0, 0.05) is 78.0 Å². The second kappa shape index (κ2) is 22.7. The number of β-amino-alcohol motifs (C(OH)–C–C–N with tert-alkyl or cyclic N) is 1. The predicted octanol–water partition coefficient (Wildman–Crippen LogP) is 7.00. The van der Waals surface area contributed by atoms with Crippen LogP contribution in [0.3, 0.4) is 0 Å². The largest absolute Gasteiger partial charge is 0.391 e. The van der Waals surface area contributed by atoms with Crippen molar-refractivity contribution in [1.82, 2.24) is 45.7 Å². The number of unbranched alkanes of at least 4 members (excludes halogenated alkanes) is 2. The van der Waals surface area contributed by atoms with Crippen molar-refractivity contribution in [1.29, 1.82) is 0 Å². The molecule has 3 atom stereocenters. The second-order valence-corrected chi connectivity index (χ2v) is 22.2. The third-order valence-electron chi connectivity index (χ3n) is 14.6. The zero-order valence-corrected chi connectivity index (χ0v) is 44.1. The molecule has 1 saturated heterocycles. The van der Waals surface area contributed by atoms with Crippen LogP contribution >= 0.6 is 11.4 Å². The van der Waals surface area contributed by atoms with Crippen LogP contribution in [0.5, 0.6) is 0 Å². The third kappa shape index (κ3) is 12.2. The summed E-state index contributed by atoms with van der Waals surface area (Å²) < 4.78 is 2.02. The summed E-state index contributed by atoms with van der Waals surface area (Å²) in [4.78, 5) is 71.0. The van der Waals surface area contributed by atoms with Gasteiger partial charge in [-0.05, 0) is 116 Å². The van der Waals surface area contributed by atoms with E-state index in [0.717, 1.165) is 75.5 Å². The lowest BCUT2D eigenvalue weighted by atomic mass is 9.73. The number of anilines is 1. The summed E-state index contributed by atoms with van der Waals surface area (Å²) in [5.41, 5.74) is 24.0. The lowest BCUT2D eigenvalue weighted by molar-refractivity contribution is -0.144. The van der Waals surface area contributed by atoms with E-state index < -0.39 is 29.5 Å². The van der Waals surface area contributed by atoms with Crippen molar-refractivity contribution in [3.63, 3.8) is 0 Å². The van der Waals surface area contributed by atoms with E-state index in [1.54, 1.807) is 6.20 Å². The van der Waals surface area contributed by atoms with Gasteiger partial charge in [0.15, 0.2) is 11.5 Å². The minimum Gasteiger partial charge on any atom is -0.391 e. The molecule has 2 aliphatic heterocycles. The summed E-state index contributed by atoms with van der Waals surface area (Å²) in [5, 5.41) is 22.8. The number of amides is 4. The molecule has 16 nitrogen and oxygen atoms in total. The smallest absolute Gasteiger partial charge is 0.246 e. The Morgan fingerprint density at radius 2 is 1.67 bits per heavy atom. The number of aliphatic hydroxyl groups is 1. The zero-order valence-electron chi connectivity index (χ0n) is 43.2. The molecule has 17 heteroatoms. The molecular weight excluding hydrogens is 963 g/mol. The Morgan fingerprint density at radius 1 is 0.880 bits per heavy atom. The molecule has 75 heavy (non-hydrogen) atoms. The SMILES string of the molecule is CC1=C(c2ccc(CNC(=O)[C@@H]3C[C@@H](O)CN3C(=O)[C@@H](NC(=O)CCCCCNC(=O)CCc3cccc(-c4ccc5nc(-c6cccnc6N)n(-c6ccc(C7(N)CCC7)cc6)c5n4)c3)C(C)(C)C)cc2)[SH]=CN1. The maximum atomic E-state index is 14.1. The summed E-state index contributed by atoms with van der Waals surface area (Å²) in [6, 6.07) is 30.3. The van der Waals surface area contributed by atoms with Gasteiger partial charge >= 0.3 is 0 Å². The standard InChI is InChI=1S/C58H69N11O5S/c1-36-50(75-35-64-36)39-18-15-38(16-19-39)33-63-55(73)47-32-43(70)34-68(47)56(74)51(57(2,3)4)67-49(72)14-6-5-7-29-61-48(71)26-17-37-11-8-12-40(31-37)45-24-25-46-54(65-45)69(53(66-46)44-13-9-30-62-52(44)59)42-22-20-41(21-23-42)58(60)27-10-28-58/h8-9,11-13,15-16,18-25,30-31,35,43,47,51,64,70,75H,5-7,10,14,17,26-29,32-34,60H2,1-4H3,(H2,59,62)(H,61,71)(H,63,73)(H,67,72)/t43-,47+,51-/m1/s1. The van der Waals surface area contributed by atoms with Crippen LogP contribution in [0.2, 0.25) is 0 Å². The molecule has 3 aliphatic rings. The molecule has 0 spiro atoms. The Kier molecular flexibility index (Phi) is 16.0. The minimum absolute atomic E-state index is 0.00571. The summed E-state index contributed by atoms with van der Waals surface area (Å²) in [7, 11) is 0. The van der Waals surface area contributed by atoms with Crippen LogP contribution < -0.4 is 32.7 Å². The highest BCUT2D eigenvalue weighted by Crippen LogP contribution is 2.40. The first-order valence-corrected chi connectivity index (χ1v) is 27.0. The van der Waals surface area contributed by atoms with Crippen LogP contribution in [0.25, 0.3) is 44.4 Å². The van der Waals surface area contributed by atoms with Gasteiger partial charge in [-0.1, -0.05) is 81.8 Å². The molecule has 3 aromatic carbocycles. The number of allylic oxidation sites excluding steroid dienone is 1. The van der Waals surface area contributed by atoms with E-state index in [9.17, 15) is 24.3 Å². The molecule has 5 heterocycles. The van der Waals surface area contributed by atoms with Crippen molar-refractivity contribution >= 4 is 62.4 Å². The van der Waals surface area contributed by atoms with Gasteiger partial charge in [0.2, 0.25) is 23.6 Å². The fourth-order valence-corrected chi connectivity index (χ4v) is 11.0. The molecule has 9 rings (SSSR count). The van der Waals surface area contributed by atoms with Crippen LogP contribution in [0, 0.1) is 5.41 Å². The molecule has 3 aromatic heterocycles. The van der Waals surface area contributed by atoms with Crippen molar-refractivity contribution in [3.05, 3.63) is 131 Å². The number of nitrogens with zero attached hydrogens (tertiary/aromatic N) is 5. The van der Waals surface area contributed by atoms with Gasteiger partial charge in [-0.3, -0.25) is 23.7 Å². The molecule has 6 aromatic rings. The first-order valence-electron chi connectivity index (χ1n) is 26.1. The summed E-state index contributed by atoms with van der Waals surface area (Å²) >= 11 is 1.11. The van der Waals surface area contributed by atoms with Gasteiger partial charge in [0.1, 0.15) is 23.4 Å². The number of imidazole rings is 1. The molecule has 0 bridgehead atoms. The number of fused-ring (bicyclic) bond motifs is 1. The third-order valence-corrected chi connectivity index (χ3v) is 15.7. The van der Waals surface area contributed by atoms with Gasteiger partial charge in [-0.2, -0.15) is 11.4 Å². The summed E-state index contributed by atoms with van der Waals surface area (Å²) in [5.74, 6) is -0.0616. The monoisotopic (exact) mass is 1030 g/mol. The lowest BCUT2D eigenvalue weighted by Crippen LogP contribution is -2.57. The highest BCUT2D eigenvalue weighted by molar-refractivity contribution is 8.06. The number of rotatable bonds is 19. The van der Waals surface area contributed by atoms with Gasteiger partial charge in [0.25, 0.3) is 0 Å². The van der Waals surface area contributed by atoms with Crippen LogP contribution in [-0.2, 0) is 37.7 Å². The number of aromatic nitrogens is 4. The number of thiol groups is 1. The zero-order chi connectivity index (χ0) is 52.9. The number of aliphatic hydroxyl groups excluding tert-OH is 1. The molecular formula is C58H69N11O5S. The molecule has 4 amide bonds. The van der Waals surface area contributed by atoms with Crippen molar-refractivity contribution in [2.24, 2.45) is 11.1 Å². The van der Waals surface area contributed by atoms with Gasteiger partial charge in [-0.25, -0.2) is 15.0 Å². The minimum atomic E-state index is -0.904. The number of hydrogen-bond acceptors (Lipinski definition) is 11. The van der Waals surface area contributed by atoms with Crippen molar-refractivity contribution in [2.75, 3.05) is 18.8 Å². The van der Waals surface area contributed by atoms with E-state index in [1.165, 1.54) is 9.81 Å². The Labute approximate surface area is 442 Å². The molecule has 2 fully saturated rings. The van der Waals surface area contributed by atoms with E-state index >= 15 is 0 Å². The molecule has 392 valence electrons. The maximum absolute atomic E-state index is 14.1. The van der Waals surface area contributed by atoms with Gasteiger partial charge in [-0.15, -0.1) is 0 Å². The normalized spacial score (nSPS) is 17.5. The van der Waals surface area contributed by atoms with E-state index in [0.29, 0.717) is 67.0 Å². The Balaban J connectivity index is 0.738. The Morgan fingerprint density at radius 3 is 2.37 bits per heavy atom. The van der Waals surface area contributed by atoms with E-state index in [1.807, 2.05) is 104 Å². The topological polar surface area (TPSA) is 236 Å². The average Bonchev–Trinajstić information content (AvgIpc) is 4.13. The van der Waals surface area contributed by atoms with Crippen LogP contribution in [0.4, 0.5) is 5.82 Å². The Hall–Kier alpha value is -7.21. The maximum Gasteiger partial charge on any atom is 0.246 e. The first kappa shape index (κ1) is 52.6.